The summed E-state index contributed by atoms with van der Waals surface area (Å²) in [4.78, 5) is 20.6. The van der Waals surface area contributed by atoms with Gasteiger partial charge in [0, 0.05) is 12.4 Å². The van der Waals surface area contributed by atoms with E-state index in [1.165, 1.54) is 0 Å². The number of imidazole rings is 1. The van der Waals surface area contributed by atoms with Crippen LogP contribution in [0.4, 0.5) is 16.2 Å². The standard InChI is InChI=1S/C17H17N5O2/c1-12-18-9-10-22(12)16-8-7-13(11-19-16)20-17(23)21-14-5-3-4-6-15(14)24-2/h3-11H,1-2H3,(H2,20,21,23). The Morgan fingerprint density at radius 3 is 2.62 bits per heavy atom. The normalized spacial score (nSPS) is 10.2. The van der Waals surface area contributed by atoms with E-state index in [4.69, 9.17) is 4.74 Å². The molecule has 24 heavy (non-hydrogen) atoms. The molecule has 0 aliphatic rings. The van der Waals surface area contributed by atoms with Crippen LogP contribution in [0.1, 0.15) is 5.82 Å². The second kappa shape index (κ2) is 6.82. The average Bonchev–Trinajstić information content (AvgIpc) is 3.02. The first-order valence-electron chi connectivity index (χ1n) is 7.35. The van der Waals surface area contributed by atoms with Gasteiger partial charge in [0.25, 0.3) is 0 Å². The highest BCUT2D eigenvalue weighted by atomic mass is 16.5. The zero-order chi connectivity index (χ0) is 16.9. The molecule has 0 radical (unpaired) electrons. The fourth-order valence-corrected chi connectivity index (χ4v) is 2.26. The maximum absolute atomic E-state index is 12.1. The van der Waals surface area contributed by atoms with Crippen molar-refractivity contribution in [2.45, 2.75) is 6.92 Å². The van der Waals surface area contributed by atoms with Crippen LogP contribution >= 0.6 is 0 Å². The number of carbonyl (C=O) groups excluding carboxylic acids is 1. The van der Waals surface area contributed by atoms with Crippen molar-refractivity contribution in [1.82, 2.24) is 14.5 Å². The van der Waals surface area contributed by atoms with Gasteiger partial charge < -0.3 is 15.4 Å². The van der Waals surface area contributed by atoms with Gasteiger partial charge >= 0.3 is 6.03 Å². The molecule has 0 saturated carbocycles. The van der Waals surface area contributed by atoms with Crippen LogP contribution in [0, 0.1) is 6.92 Å². The molecule has 2 heterocycles. The predicted molar refractivity (Wildman–Crippen MR) is 91.7 cm³/mol. The maximum Gasteiger partial charge on any atom is 0.323 e. The van der Waals surface area contributed by atoms with Crippen LogP contribution in [0.25, 0.3) is 5.82 Å². The molecule has 122 valence electrons. The van der Waals surface area contributed by atoms with Crippen LogP contribution in [0.3, 0.4) is 0 Å². The van der Waals surface area contributed by atoms with E-state index in [1.807, 2.05) is 35.9 Å². The summed E-state index contributed by atoms with van der Waals surface area (Å²) in [6.07, 6.45) is 5.14. The SMILES string of the molecule is COc1ccccc1NC(=O)Nc1ccc(-n2ccnc2C)nc1. The van der Waals surface area contributed by atoms with Gasteiger partial charge in [-0.25, -0.2) is 14.8 Å². The largest absolute Gasteiger partial charge is 0.495 e. The Morgan fingerprint density at radius 1 is 1.12 bits per heavy atom. The van der Waals surface area contributed by atoms with Crippen molar-refractivity contribution >= 4 is 17.4 Å². The number of para-hydroxylation sites is 2. The summed E-state index contributed by atoms with van der Waals surface area (Å²) in [6, 6.07) is 10.4. The fraction of sp³-hybridized carbons (Fsp3) is 0.118. The number of methoxy groups -OCH3 is 1. The van der Waals surface area contributed by atoms with Crippen molar-refractivity contribution in [2.75, 3.05) is 17.7 Å². The quantitative estimate of drug-likeness (QED) is 0.772. The number of amides is 2. The lowest BCUT2D eigenvalue weighted by atomic mass is 10.3. The monoisotopic (exact) mass is 323 g/mol. The molecule has 3 rings (SSSR count). The molecule has 0 saturated heterocycles. The number of rotatable bonds is 4. The number of aryl methyl sites for hydroxylation is 1. The lowest BCUT2D eigenvalue weighted by Gasteiger charge is -2.11. The first kappa shape index (κ1) is 15.5. The van der Waals surface area contributed by atoms with Crippen LogP contribution in [0.2, 0.25) is 0 Å². The molecule has 0 aliphatic carbocycles. The summed E-state index contributed by atoms with van der Waals surface area (Å²) in [5, 5.41) is 5.48. The number of urea groups is 1. The molecule has 0 atom stereocenters. The van der Waals surface area contributed by atoms with Crippen molar-refractivity contribution in [3.8, 4) is 11.6 Å². The van der Waals surface area contributed by atoms with Crippen LogP contribution in [-0.2, 0) is 0 Å². The first-order valence-corrected chi connectivity index (χ1v) is 7.35. The molecule has 7 heteroatoms. The van der Waals surface area contributed by atoms with E-state index in [0.717, 1.165) is 11.6 Å². The highest BCUT2D eigenvalue weighted by Crippen LogP contribution is 2.23. The van der Waals surface area contributed by atoms with E-state index < -0.39 is 0 Å². The van der Waals surface area contributed by atoms with Gasteiger partial charge in [-0.1, -0.05) is 12.1 Å². The van der Waals surface area contributed by atoms with E-state index in [-0.39, 0.29) is 6.03 Å². The van der Waals surface area contributed by atoms with Gasteiger partial charge in [-0.15, -0.1) is 0 Å². The van der Waals surface area contributed by atoms with Gasteiger partial charge in [0.15, 0.2) is 0 Å². The molecule has 0 fully saturated rings. The Bertz CT molecular complexity index is 842. The van der Waals surface area contributed by atoms with E-state index in [1.54, 1.807) is 37.7 Å². The Labute approximate surface area is 139 Å². The Kier molecular flexibility index (Phi) is 4.42. The Balaban J connectivity index is 1.68. The van der Waals surface area contributed by atoms with Crippen LogP contribution < -0.4 is 15.4 Å². The minimum Gasteiger partial charge on any atom is -0.495 e. The average molecular weight is 323 g/mol. The second-order valence-corrected chi connectivity index (χ2v) is 5.03. The van der Waals surface area contributed by atoms with E-state index in [2.05, 4.69) is 20.6 Å². The van der Waals surface area contributed by atoms with Gasteiger partial charge in [0.2, 0.25) is 0 Å². The minimum absolute atomic E-state index is 0.368. The topological polar surface area (TPSA) is 81.1 Å². The second-order valence-electron chi connectivity index (χ2n) is 5.03. The first-order chi connectivity index (χ1) is 11.7. The van der Waals surface area contributed by atoms with Crippen LogP contribution in [0.15, 0.2) is 55.0 Å². The lowest BCUT2D eigenvalue weighted by molar-refractivity contribution is 0.262. The smallest absolute Gasteiger partial charge is 0.323 e. The number of benzene rings is 1. The molecular formula is C17H17N5O2. The summed E-state index contributed by atoms with van der Waals surface area (Å²) >= 11 is 0. The third kappa shape index (κ3) is 3.35. The van der Waals surface area contributed by atoms with Gasteiger partial charge in [-0.3, -0.25) is 4.57 Å². The molecule has 0 spiro atoms. The Hall–Kier alpha value is -3.35. The molecule has 2 amide bonds. The molecule has 1 aromatic carbocycles. The van der Waals surface area contributed by atoms with Crippen molar-refractivity contribution in [2.24, 2.45) is 0 Å². The van der Waals surface area contributed by atoms with Gasteiger partial charge in [0.05, 0.1) is 24.7 Å². The molecule has 7 nitrogen and oxygen atoms in total. The number of aromatic nitrogens is 3. The highest BCUT2D eigenvalue weighted by Gasteiger charge is 2.08. The predicted octanol–water partition coefficient (Wildman–Crippen LogP) is 3.23. The number of carbonyl (C=O) groups is 1. The number of ether oxygens (including phenoxy) is 1. The molecule has 3 aromatic rings. The number of nitrogens with zero attached hydrogens (tertiary/aromatic N) is 3. The lowest BCUT2D eigenvalue weighted by Crippen LogP contribution is -2.20. The van der Waals surface area contributed by atoms with Crippen LogP contribution in [-0.4, -0.2) is 27.7 Å². The summed E-state index contributed by atoms with van der Waals surface area (Å²) in [7, 11) is 1.55. The molecule has 0 aliphatic heterocycles. The minimum atomic E-state index is -0.368. The summed E-state index contributed by atoms with van der Waals surface area (Å²) in [5.41, 5.74) is 1.18. The molecule has 2 N–H and O–H groups in total. The summed E-state index contributed by atoms with van der Waals surface area (Å²) in [6.45, 7) is 1.90. The van der Waals surface area contributed by atoms with Crippen LogP contribution in [0.5, 0.6) is 5.75 Å². The highest BCUT2D eigenvalue weighted by molar-refractivity contribution is 6.00. The number of anilines is 2. The Morgan fingerprint density at radius 2 is 1.96 bits per heavy atom. The van der Waals surface area contributed by atoms with Crippen molar-refractivity contribution in [3.05, 3.63) is 60.8 Å². The number of hydrogen-bond donors (Lipinski definition) is 2. The molecule has 0 unspecified atom stereocenters. The van der Waals surface area contributed by atoms with Gasteiger partial charge in [-0.05, 0) is 31.2 Å². The van der Waals surface area contributed by atoms with Gasteiger partial charge in [0.1, 0.15) is 17.4 Å². The number of nitrogens with one attached hydrogen (secondary N) is 2. The van der Waals surface area contributed by atoms with E-state index in [9.17, 15) is 4.79 Å². The van der Waals surface area contributed by atoms with Crippen molar-refractivity contribution in [3.63, 3.8) is 0 Å². The molecule has 0 bridgehead atoms. The number of pyridine rings is 1. The van der Waals surface area contributed by atoms with Gasteiger partial charge in [-0.2, -0.15) is 0 Å². The molecular weight excluding hydrogens is 306 g/mol. The summed E-state index contributed by atoms with van der Waals surface area (Å²) < 4.78 is 7.06. The number of hydrogen-bond acceptors (Lipinski definition) is 4. The zero-order valence-electron chi connectivity index (χ0n) is 13.4. The summed E-state index contributed by atoms with van der Waals surface area (Å²) in [5.74, 6) is 2.18. The fourth-order valence-electron chi connectivity index (χ4n) is 2.26. The third-order valence-electron chi connectivity index (χ3n) is 3.43. The third-order valence-corrected chi connectivity index (χ3v) is 3.43. The zero-order valence-corrected chi connectivity index (χ0v) is 13.4. The van der Waals surface area contributed by atoms with E-state index >= 15 is 0 Å². The maximum atomic E-state index is 12.1. The molecule has 2 aromatic heterocycles. The van der Waals surface area contributed by atoms with Crippen molar-refractivity contribution in [1.29, 1.82) is 0 Å². The van der Waals surface area contributed by atoms with E-state index in [0.29, 0.717) is 17.1 Å². The van der Waals surface area contributed by atoms with Crippen molar-refractivity contribution < 1.29 is 9.53 Å².